The van der Waals surface area contributed by atoms with E-state index in [9.17, 15) is 18.9 Å². The van der Waals surface area contributed by atoms with Gasteiger partial charge in [-0.2, -0.15) is 0 Å². The van der Waals surface area contributed by atoms with Gasteiger partial charge >= 0.3 is 0 Å². The first-order valence-electron chi connectivity index (χ1n) is 6.20. The Morgan fingerprint density at radius 2 is 1.82 bits per heavy atom. The molecule has 0 atom stereocenters. The lowest BCUT2D eigenvalue weighted by Gasteiger charge is -2.09. The molecule has 0 saturated heterocycles. The lowest BCUT2D eigenvalue weighted by atomic mass is 10.1. The Kier molecular flexibility index (Phi) is 3.38. The molecule has 0 radical (unpaired) electrons. The Balaban J connectivity index is 2.12. The van der Waals surface area contributed by atoms with Gasteiger partial charge in [0.25, 0.3) is 5.69 Å². The third-order valence-electron chi connectivity index (χ3n) is 3.07. The summed E-state index contributed by atoms with van der Waals surface area (Å²) < 4.78 is 32.0. The summed E-state index contributed by atoms with van der Waals surface area (Å²) in [5, 5.41) is 11.7. The van der Waals surface area contributed by atoms with E-state index in [1.54, 1.807) is 0 Å². The van der Waals surface area contributed by atoms with Crippen LogP contribution in [-0.2, 0) is 0 Å². The van der Waals surface area contributed by atoms with Crippen molar-refractivity contribution < 1.29 is 18.4 Å². The largest absolute Gasteiger partial charge is 0.454 e. The van der Waals surface area contributed by atoms with Crippen LogP contribution in [0.2, 0.25) is 0 Å². The normalized spacial score (nSPS) is 10.6. The van der Waals surface area contributed by atoms with Crippen molar-refractivity contribution in [3.8, 4) is 11.5 Å². The van der Waals surface area contributed by atoms with E-state index in [4.69, 9.17) is 4.74 Å². The Hall–Kier alpha value is -3.09. The van der Waals surface area contributed by atoms with Crippen molar-refractivity contribution in [1.82, 2.24) is 4.98 Å². The number of nitro benzene ring substituents is 1. The minimum absolute atomic E-state index is 0.130. The van der Waals surface area contributed by atoms with E-state index in [0.29, 0.717) is 11.5 Å². The Morgan fingerprint density at radius 1 is 1.05 bits per heavy atom. The zero-order valence-corrected chi connectivity index (χ0v) is 11.0. The summed E-state index contributed by atoms with van der Waals surface area (Å²) in [7, 11) is 0. The highest BCUT2D eigenvalue weighted by Gasteiger charge is 2.16. The number of hydrogen-bond donors (Lipinski definition) is 0. The third-order valence-corrected chi connectivity index (χ3v) is 3.07. The highest BCUT2D eigenvalue weighted by molar-refractivity contribution is 5.94. The summed E-state index contributed by atoms with van der Waals surface area (Å²) in [5.74, 6) is -1.54. The molecule has 110 valence electrons. The summed E-state index contributed by atoms with van der Waals surface area (Å²) in [6.07, 6.45) is 2.78. The molecule has 22 heavy (non-hydrogen) atoms. The Morgan fingerprint density at radius 3 is 2.55 bits per heavy atom. The van der Waals surface area contributed by atoms with Crippen molar-refractivity contribution in [1.29, 1.82) is 0 Å². The van der Waals surface area contributed by atoms with Crippen LogP contribution in [0, 0.1) is 21.7 Å². The lowest BCUT2D eigenvalue weighted by molar-refractivity contribution is -0.383. The number of nitro groups is 1. The van der Waals surface area contributed by atoms with Crippen LogP contribution >= 0.6 is 0 Å². The predicted molar refractivity (Wildman–Crippen MR) is 74.8 cm³/mol. The van der Waals surface area contributed by atoms with Gasteiger partial charge in [0.05, 0.1) is 10.3 Å². The molecular formula is C15H8F2N2O3. The zero-order valence-electron chi connectivity index (χ0n) is 11.0. The lowest BCUT2D eigenvalue weighted by Crippen LogP contribution is -1.94. The average Bonchev–Trinajstić information content (AvgIpc) is 2.50. The highest BCUT2D eigenvalue weighted by atomic mass is 19.1. The van der Waals surface area contributed by atoms with Crippen molar-refractivity contribution in [2.45, 2.75) is 0 Å². The molecule has 0 spiro atoms. The van der Waals surface area contributed by atoms with Gasteiger partial charge in [-0.25, -0.2) is 8.78 Å². The van der Waals surface area contributed by atoms with Gasteiger partial charge in [-0.3, -0.25) is 15.1 Å². The predicted octanol–water partition coefficient (Wildman–Crippen LogP) is 4.21. The first-order chi connectivity index (χ1) is 10.6. The molecule has 1 heterocycles. The van der Waals surface area contributed by atoms with Crippen LogP contribution < -0.4 is 4.74 Å². The summed E-state index contributed by atoms with van der Waals surface area (Å²) in [4.78, 5) is 14.3. The average molecular weight is 302 g/mol. The molecule has 0 fully saturated rings. The second-order valence-electron chi connectivity index (χ2n) is 4.44. The first kappa shape index (κ1) is 13.9. The van der Waals surface area contributed by atoms with Gasteiger partial charge in [0, 0.05) is 29.9 Å². The van der Waals surface area contributed by atoms with Crippen molar-refractivity contribution in [2.24, 2.45) is 0 Å². The quantitative estimate of drug-likeness (QED) is 0.537. The van der Waals surface area contributed by atoms with E-state index in [1.165, 1.54) is 30.6 Å². The topological polar surface area (TPSA) is 65.3 Å². The zero-order chi connectivity index (χ0) is 15.7. The summed E-state index contributed by atoms with van der Waals surface area (Å²) >= 11 is 0. The molecule has 0 saturated carbocycles. The SMILES string of the molecule is O=[N+]([O-])c1ccc(Oc2ccc(F)cc2F)c2ccncc12. The van der Waals surface area contributed by atoms with Crippen LogP contribution in [0.5, 0.6) is 11.5 Å². The fourth-order valence-corrected chi connectivity index (χ4v) is 2.07. The fourth-order valence-electron chi connectivity index (χ4n) is 2.07. The van der Waals surface area contributed by atoms with Crippen LogP contribution in [0.3, 0.4) is 0 Å². The van der Waals surface area contributed by atoms with E-state index in [2.05, 4.69) is 4.98 Å². The molecule has 3 rings (SSSR count). The van der Waals surface area contributed by atoms with E-state index >= 15 is 0 Å². The maximum absolute atomic E-state index is 13.7. The minimum Gasteiger partial charge on any atom is -0.454 e. The first-order valence-corrected chi connectivity index (χ1v) is 6.20. The Labute approximate surface area is 122 Å². The van der Waals surface area contributed by atoms with Gasteiger partial charge in [0.1, 0.15) is 11.6 Å². The molecule has 7 heteroatoms. The number of pyridine rings is 1. The van der Waals surface area contributed by atoms with Crippen molar-refractivity contribution in [2.75, 3.05) is 0 Å². The molecule has 5 nitrogen and oxygen atoms in total. The molecule has 0 amide bonds. The summed E-state index contributed by atoms with van der Waals surface area (Å²) in [6, 6.07) is 7.06. The number of aromatic nitrogens is 1. The van der Waals surface area contributed by atoms with E-state index in [0.717, 1.165) is 12.1 Å². The molecule has 0 aliphatic heterocycles. The van der Waals surface area contributed by atoms with Crippen LogP contribution in [0.4, 0.5) is 14.5 Å². The van der Waals surface area contributed by atoms with Crippen LogP contribution in [-0.4, -0.2) is 9.91 Å². The van der Waals surface area contributed by atoms with Crippen LogP contribution in [0.25, 0.3) is 10.8 Å². The molecule has 0 bridgehead atoms. The molecule has 0 unspecified atom stereocenters. The van der Waals surface area contributed by atoms with Gasteiger partial charge in [-0.15, -0.1) is 0 Å². The van der Waals surface area contributed by atoms with Crippen molar-refractivity contribution in [3.63, 3.8) is 0 Å². The second-order valence-corrected chi connectivity index (χ2v) is 4.44. The van der Waals surface area contributed by atoms with Gasteiger partial charge in [-0.1, -0.05) is 0 Å². The second kappa shape index (κ2) is 5.36. The van der Waals surface area contributed by atoms with Crippen LogP contribution in [0.15, 0.2) is 48.8 Å². The molecule has 2 aromatic carbocycles. The molecule has 0 N–H and O–H groups in total. The number of benzene rings is 2. The van der Waals surface area contributed by atoms with Gasteiger partial charge < -0.3 is 4.74 Å². The van der Waals surface area contributed by atoms with Gasteiger partial charge in [0.15, 0.2) is 11.6 Å². The number of fused-ring (bicyclic) bond motifs is 1. The maximum atomic E-state index is 13.7. The number of rotatable bonds is 3. The standard InChI is InChI=1S/C15H8F2N2O3/c16-9-1-3-15(12(17)7-9)22-14-4-2-13(19(20)21)11-8-18-6-5-10(11)14/h1-8H. The smallest absolute Gasteiger partial charge is 0.279 e. The monoisotopic (exact) mass is 302 g/mol. The van der Waals surface area contributed by atoms with E-state index in [1.807, 2.05) is 0 Å². The maximum Gasteiger partial charge on any atom is 0.279 e. The number of hydrogen-bond acceptors (Lipinski definition) is 4. The van der Waals surface area contributed by atoms with E-state index in [-0.39, 0.29) is 22.6 Å². The molecule has 1 aromatic heterocycles. The fraction of sp³-hybridized carbons (Fsp3) is 0. The van der Waals surface area contributed by atoms with E-state index < -0.39 is 16.6 Å². The van der Waals surface area contributed by atoms with Crippen molar-refractivity contribution >= 4 is 16.5 Å². The number of ether oxygens (including phenoxy) is 1. The summed E-state index contributed by atoms with van der Waals surface area (Å²) in [5.41, 5.74) is -0.130. The number of nitrogens with zero attached hydrogens (tertiary/aromatic N) is 2. The molecule has 3 aromatic rings. The molecule has 0 aliphatic rings. The molecule has 0 aliphatic carbocycles. The van der Waals surface area contributed by atoms with Gasteiger partial charge in [-0.05, 0) is 24.3 Å². The Bertz CT molecular complexity index is 884. The summed E-state index contributed by atoms with van der Waals surface area (Å²) in [6.45, 7) is 0. The van der Waals surface area contributed by atoms with Gasteiger partial charge in [0.2, 0.25) is 0 Å². The minimum atomic E-state index is -0.861. The third kappa shape index (κ3) is 2.44. The highest BCUT2D eigenvalue weighted by Crippen LogP contribution is 2.35. The number of non-ortho nitro benzene ring substituents is 1. The number of halogens is 2. The molecular weight excluding hydrogens is 294 g/mol. The van der Waals surface area contributed by atoms with Crippen molar-refractivity contribution in [3.05, 3.63) is 70.5 Å². The van der Waals surface area contributed by atoms with Crippen LogP contribution in [0.1, 0.15) is 0 Å².